The molecule has 0 spiro atoms. The summed E-state index contributed by atoms with van der Waals surface area (Å²) in [6.07, 6.45) is 0. The Kier molecular flexibility index (Phi) is 4.24. The molecule has 0 atom stereocenters. The number of anilines is 2. The molecule has 0 saturated carbocycles. The second-order valence-electron chi connectivity index (χ2n) is 5.34. The number of H-pyrrole nitrogens is 1. The summed E-state index contributed by atoms with van der Waals surface area (Å²) >= 11 is 0. The van der Waals surface area contributed by atoms with Gasteiger partial charge in [0, 0.05) is 13.0 Å². The van der Waals surface area contributed by atoms with E-state index in [2.05, 4.69) is 25.2 Å². The molecule has 0 amide bonds. The van der Waals surface area contributed by atoms with Gasteiger partial charge in [-0.3, -0.25) is 4.90 Å². The van der Waals surface area contributed by atoms with Gasteiger partial charge >= 0.3 is 0 Å². The third-order valence-electron chi connectivity index (χ3n) is 3.79. The maximum Gasteiger partial charge on any atom is 0.237 e. The maximum atomic E-state index is 5.21. The van der Waals surface area contributed by atoms with Gasteiger partial charge in [0.2, 0.25) is 11.6 Å². The van der Waals surface area contributed by atoms with Gasteiger partial charge in [0.1, 0.15) is 5.75 Å². The first-order valence-corrected chi connectivity index (χ1v) is 7.45. The van der Waals surface area contributed by atoms with Gasteiger partial charge < -0.3 is 10.6 Å². The van der Waals surface area contributed by atoms with E-state index in [-0.39, 0.29) is 0 Å². The van der Waals surface area contributed by atoms with Crippen molar-refractivity contribution in [3.8, 4) is 5.75 Å². The van der Waals surface area contributed by atoms with Gasteiger partial charge in [0.15, 0.2) is 5.52 Å². The summed E-state index contributed by atoms with van der Waals surface area (Å²) in [7, 11) is 3.66. The second-order valence-corrected chi connectivity index (χ2v) is 5.34. The fourth-order valence-corrected chi connectivity index (χ4v) is 2.59. The van der Waals surface area contributed by atoms with E-state index >= 15 is 0 Å². The molecular formula is C17H19N6O+. The van der Waals surface area contributed by atoms with Crippen LogP contribution in [0, 0.1) is 6.92 Å². The van der Waals surface area contributed by atoms with Gasteiger partial charge in [0.05, 0.1) is 30.9 Å². The zero-order valence-corrected chi connectivity index (χ0v) is 13.8. The number of nitrogens with two attached hydrogens (primary N) is 1. The standard InChI is InChI=1S/C17H18N6O/c1-11-19-16-10-12(21-22-18)4-9-15(16)17(20-11)23(2)13-5-7-14(24-3)8-6-13/h4-10H,1-3H3,(H2,18,21)/p+1. The summed E-state index contributed by atoms with van der Waals surface area (Å²) in [6, 6.07) is 13.5. The predicted octanol–water partition coefficient (Wildman–Crippen LogP) is 3.09. The average molecular weight is 323 g/mol. The Labute approximate surface area is 139 Å². The van der Waals surface area contributed by atoms with Crippen LogP contribution in [0.2, 0.25) is 0 Å². The minimum Gasteiger partial charge on any atom is -0.497 e. The Hall–Kier alpha value is -3.22. The van der Waals surface area contributed by atoms with E-state index in [1.165, 1.54) is 0 Å². The summed E-state index contributed by atoms with van der Waals surface area (Å²) in [5, 5.41) is 8.17. The van der Waals surface area contributed by atoms with Crippen molar-refractivity contribution in [3.63, 3.8) is 0 Å². The quantitative estimate of drug-likeness (QED) is 0.454. The number of ether oxygens (including phenoxy) is 1. The Morgan fingerprint density at radius 1 is 1.17 bits per heavy atom. The van der Waals surface area contributed by atoms with E-state index in [9.17, 15) is 0 Å². The lowest BCUT2D eigenvalue weighted by Crippen LogP contribution is -2.23. The molecule has 3 aromatic rings. The van der Waals surface area contributed by atoms with Crippen molar-refractivity contribution >= 4 is 28.1 Å². The zero-order valence-electron chi connectivity index (χ0n) is 13.8. The predicted molar refractivity (Wildman–Crippen MR) is 92.8 cm³/mol. The molecule has 0 saturated heterocycles. The highest BCUT2D eigenvalue weighted by molar-refractivity contribution is 5.91. The lowest BCUT2D eigenvalue weighted by atomic mass is 10.2. The van der Waals surface area contributed by atoms with Crippen molar-refractivity contribution in [2.75, 3.05) is 19.1 Å². The van der Waals surface area contributed by atoms with Crippen LogP contribution in [0.25, 0.3) is 10.9 Å². The third-order valence-corrected chi connectivity index (χ3v) is 3.79. The molecule has 0 fully saturated rings. The van der Waals surface area contributed by atoms with Crippen LogP contribution >= 0.6 is 0 Å². The number of hydrogen-bond acceptors (Lipinski definition) is 5. The highest BCUT2D eigenvalue weighted by Crippen LogP contribution is 2.29. The number of nitrogens with one attached hydrogen (secondary N) is 1. The highest BCUT2D eigenvalue weighted by Gasteiger charge is 2.18. The molecule has 0 aliphatic carbocycles. The Morgan fingerprint density at radius 3 is 2.58 bits per heavy atom. The van der Waals surface area contributed by atoms with Crippen molar-refractivity contribution in [2.45, 2.75) is 6.92 Å². The molecule has 0 aliphatic heterocycles. The molecule has 0 bridgehead atoms. The van der Waals surface area contributed by atoms with Gasteiger partial charge in [-0.15, -0.1) is 10.1 Å². The molecule has 0 unspecified atom stereocenters. The molecule has 3 N–H and O–H groups in total. The van der Waals surface area contributed by atoms with Crippen molar-refractivity contribution in [2.24, 2.45) is 16.2 Å². The normalized spacial score (nSPS) is 11.1. The number of aromatic amines is 1. The van der Waals surface area contributed by atoms with Crippen LogP contribution in [0.5, 0.6) is 5.75 Å². The molecule has 0 aliphatic rings. The summed E-state index contributed by atoms with van der Waals surface area (Å²) in [6.45, 7) is 1.92. The van der Waals surface area contributed by atoms with E-state index in [1.807, 2.05) is 56.4 Å². The van der Waals surface area contributed by atoms with Gasteiger partial charge in [0.25, 0.3) is 0 Å². The topological polar surface area (TPSA) is 90.2 Å². The van der Waals surface area contributed by atoms with Crippen molar-refractivity contribution in [1.82, 2.24) is 4.98 Å². The molecule has 122 valence electrons. The number of aromatic nitrogens is 2. The summed E-state index contributed by atoms with van der Waals surface area (Å²) < 4.78 is 5.21. The SMILES string of the molecule is COc1ccc(N(C)c2[nH+]c(C)nc3cc(N=NN)ccc23)cc1. The first-order chi connectivity index (χ1) is 11.6. The lowest BCUT2D eigenvalue weighted by molar-refractivity contribution is -0.376. The Bertz CT molecular complexity index is 891. The van der Waals surface area contributed by atoms with Crippen LogP contribution in [-0.4, -0.2) is 19.1 Å². The number of nitrogens with zero attached hydrogens (tertiary/aromatic N) is 4. The van der Waals surface area contributed by atoms with E-state index in [1.54, 1.807) is 7.11 Å². The van der Waals surface area contributed by atoms with Gasteiger partial charge in [-0.25, -0.2) is 4.98 Å². The van der Waals surface area contributed by atoms with Crippen LogP contribution < -0.4 is 20.5 Å². The van der Waals surface area contributed by atoms with Crippen LogP contribution in [0.3, 0.4) is 0 Å². The first kappa shape index (κ1) is 15.7. The van der Waals surface area contributed by atoms with Crippen LogP contribution in [-0.2, 0) is 0 Å². The van der Waals surface area contributed by atoms with E-state index in [0.717, 1.165) is 34.0 Å². The summed E-state index contributed by atoms with van der Waals surface area (Å²) in [5.41, 5.74) is 2.53. The molecule has 0 radical (unpaired) electrons. The fraction of sp³-hybridized carbons (Fsp3) is 0.176. The number of benzene rings is 2. The number of methoxy groups -OCH3 is 1. The van der Waals surface area contributed by atoms with Gasteiger partial charge in [-0.2, -0.15) is 0 Å². The van der Waals surface area contributed by atoms with Crippen molar-refractivity contribution in [3.05, 3.63) is 48.3 Å². The zero-order chi connectivity index (χ0) is 17.1. The fourth-order valence-electron chi connectivity index (χ4n) is 2.59. The molecule has 3 rings (SSSR count). The van der Waals surface area contributed by atoms with E-state index < -0.39 is 0 Å². The van der Waals surface area contributed by atoms with Crippen LogP contribution in [0.1, 0.15) is 5.82 Å². The summed E-state index contributed by atoms with van der Waals surface area (Å²) in [4.78, 5) is 9.94. The van der Waals surface area contributed by atoms with Crippen molar-refractivity contribution < 1.29 is 9.72 Å². The van der Waals surface area contributed by atoms with Crippen LogP contribution in [0.15, 0.2) is 52.8 Å². The smallest absolute Gasteiger partial charge is 0.237 e. The monoisotopic (exact) mass is 323 g/mol. The molecular weight excluding hydrogens is 304 g/mol. The van der Waals surface area contributed by atoms with Gasteiger partial charge in [-0.1, -0.05) is 5.22 Å². The lowest BCUT2D eigenvalue weighted by Gasteiger charge is -2.15. The summed E-state index contributed by atoms with van der Waals surface area (Å²) in [5.74, 6) is 7.70. The first-order valence-electron chi connectivity index (χ1n) is 7.45. The second kappa shape index (κ2) is 6.49. The number of aryl methyl sites for hydroxylation is 1. The molecule has 1 aromatic heterocycles. The number of hydrogen-bond donors (Lipinski definition) is 1. The number of fused-ring (bicyclic) bond motifs is 1. The molecule has 1 heterocycles. The molecule has 7 heteroatoms. The van der Waals surface area contributed by atoms with E-state index in [0.29, 0.717) is 5.69 Å². The minimum absolute atomic E-state index is 0.668. The van der Waals surface area contributed by atoms with Gasteiger partial charge in [-0.05, 0) is 36.4 Å². The molecule has 24 heavy (non-hydrogen) atoms. The van der Waals surface area contributed by atoms with Crippen LogP contribution in [0.4, 0.5) is 17.2 Å². The van der Waals surface area contributed by atoms with E-state index in [4.69, 9.17) is 10.6 Å². The minimum atomic E-state index is 0.668. The molecule has 7 nitrogen and oxygen atoms in total. The molecule has 2 aromatic carbocycles. The maximum absolute atomic E-state index is 5.21. The number of rotatable bonds is 4. The largest absolute Gasteiger partial charge is 0.497 e. The van der Waals surface area contributed by atoms with Crippen molar-refractivity contribution in [1.29, 1.82) is 0 Å². The third kappa shape index (κ3) is 2.96. The highest BCUT2D eigenvalue weighted by atomic mass is 16.5. The average Bonchev–Trinajstić information content (AvgIpc) is 2.60. The Morgan fingerprint density at radius 2 is 1.92 bits per heavy atom. The Balaban J connectivity index is 2.09.